The molecule has 0 unspecified atom stereocenters. The number of halogens is 1. The highest BCUT2D eigenvalue weighted by Crippen LogP contribution is 2.38. The van der Waals surface area contributed by atoms with Crippen LogP contribution in [0, 0.1) is 5.95 Å². The van der Waals surface area contributed by atoms with Crippen LogP contribution in [-0.4, -0.2) is 51.9 Å². The standard InChI is InChI=1S/C22H27FN4O4S/c1-21(2,3)32(29,30)17-13-27-15(12-25-20(27)11-16(17)31-4)14-9-18(23)26-19(10-14)24-8-7-22(28)5-6-22/h9-13,28H,5-8H2,1-4H3,(H,24,26). The number of aliphatic hydroxyl groups is 1. The summed E-state index contributed by atoms with van der Waals surface area (Å²) in [7, 11) is -2.31. The molecule has 3 heterocycles. The van der Waals surface area contributed by atoms with Gasteiger partial charge in [0.15, 0.2) is 9.84 Å². The van der Waals surface area contributed by atoms with Crippen molar-refractivity contribution >= 4 is 21.3 Å². The van der Waals surface area contributed by atoms with Gasteiger partial charge in [-0.3, -0.25) is 4.40 Å². The molecule has 0 bridgehead atoms. The summed E-state index contributed by atoms with van der Waals surface area (Å²) in [5, 5.41) is 13.0. The smallest absolute Gasteiger partial charge is 0.215 e. The van der Waals surface area contributed by atoms with Crippen molar-refractivity contribution in [2.24, 2.45) is 0 Å². The maximum Gasteiger partial charge on any atom is 0.215 e. The lowest BCUT2D eigenvalue weighted by Crippen LogP contribution is -2.28. The molecule has 172 valence electrons. The molecular weight excluding hydrogens is 435 g/mol. The number of imidazole rings is 1. The summed E-state index contributed by atoms with van der Waals surface area (Å²) in [5.41, 5.74) is 0.853. The van der Waals surface area contributed by atoms with Crippen LogP contribution in [0.1, 0.15) is 40.0 Å². The number of fused-ring (bicyclic) bond motifs is 1. The lowest BCUT2D eigenvalue weighted by Gasteiger charge is -2.21. The molecule has 0 aliphatic heterocycles. The van der Waals surface area contributed by atoms with Gasteiger partial charge in [0, 0.05) is 30.4 Å². The number of rotatable bonds is 7. The van der Waals surface area contributed by atoms with E-state index in [0.717, 1.165) is 12.8 Å². The zero-order chi connectivity index (χ0) is 23.3. The Kier molecular flexibility index (Phi) is 5.41. The topological polar surface area (TPSA) is 106 Å². The van der Waals surface area contributed by atoms with Gasteiger partial charge < -0.3 is 15.2 Å². The van der Waals surface area contributed by atoms with Crippen molar-refractivity contribution in [3.63, 3.8) is 0 Å². The van der Waals surface area contributed by atoms with Crippen molar-refractivity contribution in [2.75, 3.05) is 19.0 Å². The van der Waals surface area contributed by atoms with Gasteiger partial charge in [-0.05, 0) is 46.1 Å². The molecule has 32 heavy (non-hydrogen) atoms. The van der Waals surface area contributed by atoms with Crippen LogP contribution in [0.3, 0.4) is 0 Å². The summed E-state index contributed by atoms with van der Waals surface area (Å²) in [6.45, 7) is 5.32. The van der Waals surface area contributed by atoms with Crippen molar-refractivity contribution in [3.8, 4) is 17.0 Å². The van der Waals surface area contributed by atoms with Crippen LogP contribution >= 0.6 is 0 Å². The quantitative estimate of drug-likeness (QED) is 0.518. The van der Waals surface area contributed by atoms with E-state index in [1.807, 2.05) is 0 Å². The highest BCUT2D eigenvalue weighted by atomic mass is 32.2. The summed E-state index contributed by atoms with van der Waals surface area (Å²) in [5.74, 6) is -0.151. The van der Waals surface area contributed by atoms with E-state index >= 15 is 0 Å². The number of pyridine rings is 2. The van der Waals surface area contributed by atoms with Gasteiger partial charge in [0.25, 0.3) is 0 Å². The van der Waals surface area contributed by atoms with E-state index in [2.05, 4.69) is 15.3 Å². The van der Waals surface area contributed by atoms with Gasteiger partial charge in [0.05, 0.1) is 29.3 Å². The molecule has 0 radical (unpaired) electrons. The van der Waals surface area contributed by atoms with E-state index in [-0.39, 0.29) is 10.6 Å². The average Bonchev–Trinajstić information content (AvgIpc) is 3.29. The highest BCUT2D eigenvalue weighted by molar-refractivity contribution is 7.92. The molecule has 3 aromatic rings. The zero-order valence-corrected chi connectivity index (χ0v) is 19.3. The van der Waals surface area contributed by atoms with E-state index < -0.39 is 26.1 Å². The lowest BCUT2D eigenvalue weighted by atomic mass is 10.2. The van der Waals surface area contributed by atoms with Crippen LogP contribution in [0.4, 0.5) is 10.2 Å². The fourth-order valence-corrected chi connectivity index (χ4v) is 4.76. The summed E-state index contributed by atoms with van der Waals surface area (Å²) in [6.07, 6.45) is 5.13. The summed E-state index contributed by atoms with van der Waals surface area (Å²) in [4.78, 5) is 8.25. The summed E-state index contributed by atoms with van der Waals surface area (Å²) < 4.78 is 46.5. The molecule has 0 aromatic carbocycles. The predicted molar refractivity (Wildman–Crippen MR) is 119 cm³/mol. The third-order valence-corrected chi connectivity index (χ3v) is 8.20. The number of hydrogen-bond donors (Lipinski definition) is 2. The minimum Gasteiger partial charge on any atom is -0.495 e. The monoisotopic (exact) mass is 462 g/mol. The first kappa shape index (κ1) is 22.5. The van der Waals surface area contributed by atoms with Gasteiger partial charge in [-0.2, -0.15) is 4.39 Å². The number of hydrogen-bond acceptors (Lipinski definition) is 7. The van der Waals surface area contributed by atoms with Crippen LogP contribution in [-0.2, 0) is 9.84 Å². The number of sulfone groups is 1. The molecule has 0 saturated heterocycles. The van der Waals surface area contributed by atoms with E-state index in [4.69, 9.17) is 4.74 Å². The zero-order valence-electron chi connectivity index (χ0n) is 18.5. The van der Waals surface area contributed by atoms with Gasteiger partial charge >= 0.3 is 0 Å². The Morgan fingerprint density at radius 3 is 2.62 bits per heavy atom. The molecule has 0 atom stereocenters. The number of nitrogens with one attached hydrogen (secondary N) is 1. The molecule has 1 saturated carbocycles. The highest BCUT2D eigenvalue weighted by Gasteiger charge is 2.39. The Balaban J connectivity index is 1.76. The van der Waals surface area contributed by atoms with Crippen molar-refractivity contribution in [3.05, 3.63) is 36.5 Å². The Morgan fingerprint density at radius 2 is 2.00 bits per heavy atom. The summed E-state index contributed by atoms with van der Waals surface area (Å²) >= 11 is 0. The van der Waals surface area contributed by atoms with Crippen molar-refractivity contribution < 1.29 is 22.7 Å². The third kappa shape index (κ3) is 4.16. The van der Waals surface area contributed by atoms with Gasteiger partial charge in [0.2, 0.25) is 5.95 Å². The second kappa shape index (κ2) is 7.70. The van der Waals surface area contributed by atoms with Gasteiger partial charge in [-0.15, -0.1) is 0 Å². The molecule has 0 spiro atoms. The maximum absolute atomic E-state index is 14.3. The van der Waals surface area contributed by atoms with E-state index in [1.165, 1.54) is 19.4 Å². The second-order valence-corrected chi connectivity index (χ2v) is 11.8. The van der Waals surface area contributed by atoms with Gasteiger partial charge in [-0.25, -0.2) is 18.4 Å². The van der Waals surface area contributed by atoms with Gasteiger partial charge in [-0.1, -0.05) is 0 Å². The third-order valence-electron chi connectivity index (χ3n) is 5.70. The average molecular weight is 463 g/mol. The minimum absolute atomic E-state index is 0.0322. The van der Waals surface area contributed by atoms with Gasteiger partial charge in [0.1, 0.15) is 22.1 Å². The number of aromatic nitrogens is 3. The van der Waals surface area contributed by atoms with E-state index in [1.54, 1.807) is 43.5 Å². The fraction of sp³-hybridized carbons (Fsp3) is 0.455. The predicted octanol–water partition coefficient (Wildman–Crippen LogP) is 3.44. The van der Waals surface area contributed by atoms with Crippen LogP contribution in [0.2, 0.25) is 0 Å². The normalized spacial score (nSPS) is 15.7. The molecule has 4 rings (SSSR count). The molecular formula is C22H27FN4O4S. The maximum atomic E-state index is 14.3. The molecule has 8 nitrogen and oxygen atoms in total. The first-order chi connectivity index (χ1) is 14.9. The summed E-state index contributed by atoms with van der Waals surface area (Å²) in [6, 6.07) is 4.49. The Bertz CT molecular complexity index is 1280. The molecule has 0 amide bonds. The number of methoxy groups -OCH3 is 1. The Hall–Kier alpha value is -2.72. The van der Waals surface area contributed by atoms with Crippen LogP contribution in [0.5, 0.6) is 5.75 Å². The molecule has 2 N–H and O–H groups in total. The van der Waals surface area contributed by atoms with Crippen LogP contribution in [0.25, 0.3) is 16.9 Å². The van der Waals surface area contributed by atoms with E-state index in [9.17, 15) is 17.9 Å². The Morgan fingerprint density at radius 1 is 1.28 bits per heavy atom. The minimum atomic E-state index is -3.72. The molecule has 3 aromatic heterocycles. The molecule has 10 heteroatoms. The molecule has 1 aliphatic rings. The Labute approximate surface area is 186 Å². The first-order valence-corrected chi connectivity index (χ1v) is 11.9. The van der Waals surface area contributed by atoms with Crippen LogP contribution < -0.4 is 10.1 Å². The largest absolute Gasteiger partial charge is 0.495 e. The number of nitrogens with zero attached hydrogens (tertiary/aromatic N) is 3. The SMILES string of the molecule is COc1cc2ncc(-c3cc(F)nc(NCCC4(O)CC4)c3)n2cc1S(=O)(=O)C(C)(C)C. The first-order valence-electron chi connectivity index (χ1n) is 10.4. The van der Waals surface area contributed by atoms with Crippen molar-refractivity contribution in [2.45, 2.75) is 55.3 Å². The van der Waals surface area contributed by atoms with E-state index in [0.29, 0.717) is 35.7 Å². The lowest BCUT2D eigenvalue weighted by molar-refractivity contribution is 0.144. The fourth-order valence-electron chi connectivity index (χ4n) is 3.44. The number of anilines is 1. The van der Waals surface area contributed by atoms with Crippen molar-refractivity contribution in [1.29, 1.82) is 0 Å². The second-order valence-electron chi connectivity index (χ2n) is 9.16. The molecule has 1 fully saturated rings. The van der Waals surface area contributed by atoms with Crippen LogP contribution in [0.15, 0.2) is 35.5 Å². The van der Waals surface area contributed by atoms with Crippen molar-refractivity contribution in [1.82, 2.24) is 14.4 Å². The molecule has 1 aliphatic carbocycles. The number of ether oxygens (including phenoxy) is 1.